The maximum absolute atomic E-state index is 12.1. The van der Waals surface area contributed by atoms with Crippen LogP contribution in [0.3, 0.4) is 0 Å². The SMILES string of the molecule is C[C@@H]1CN(C(=O)C2CCNC2)C[C@H](C)O1. The number of nitrogens with zero attached hydrogens (tertiary/aromatic N) is 1. The molecule has 0 radical (unpaired) electrons. The fourth-order valence-electron chi connectivity index (χ4n) is 2.48. The molecule has 0 aromatic carbocycles. The van der Waals surface area contributed by atoms with Gasteiger partial charge in [0.2, 0.25) is 5.91 Å². The molecule has 2 aliphatic heterocycles. The van der Waals surface area contributed by atoms with Crippen LogP contribution in [0.4, 0.5) is 0 Å². The van der Waals surface area contributed by atoms with Gasteiger partial charge in [-0.2, -0.15) is 0 Å². The third kappa shape index (κ3) is 2.49. The number of ether oxygens (including phenoxy) is 1. The highest BCUT2D eigenvalue weighted by molar-refractivity contribution is 5.79. The van der Waals surface area contributed by atoms with Crippen LogP contribution in [-0.4, -0.2) is 49.2 Å². The molecule has 2 heterocycles. The van der Waals surface area contributed by atoms with Gasteiger partial charge in [-0.3, -0.25) is 4.79 Å². The van der Waals surface area contributed by atoms with E-state index in [2.05, 4.69) is 5.32 Å². The molecule has 1 N–H and O–H groups in total. The van der Waals surface area contributed by atoms with Crippen molar-refractivity contribution in [2.45, 2.75) is 32.5 Å². The first-order chi connectivity index (χ1) is 7.16. The van der Waals surface area contributed by atoms with E-state index in [1.807, 2.05) is 18.7 Å². The molecule has 15 heavy (non-hydrogen) atoms. The monoisotopic (exact) mass is 212 g/mol. The van der Waals surface area contributed by atoms with Crippen LogP contribution in [0.2, 0.25) is 0 Å². The topological polar surface area (TPSA) is 41.6 Å². The van der Waals surface area contributed by atoms with Gasteiger partial charge >= 0.3 is 0 Å². The predicted octanol–water partition coefficient (Wildman–Crippen LogP) is 0.232. The Morgan fingerprint density at radius 1 is 1.33 bits per heavy atom. The van der Waals surface area contributed by atoms with Gasteiger partial charge in [-0.25, -0.2) is 0 Å². The van der Waals surface area contributed by atoms with Crippen LogP contribution < -0.4 is 5.32 Å². The fourth-order valence-corrected chi connectivity index (χ4v) is 2.48. The predicted molar refractivity (Wildman–Crippen MR) is 57.6 cm³/mol. The van der Waals surface area contributed by atoms with Crippen molar-refractivity contribution < 1.29 is 9.53 Å². The maximum atomic E-state index is 12.1. The molecule has 0 bridgehead atoms. The van der Waals surface area contributed by atoms with E-state index in [0.717, 1.165) is 32.6 Å². The second-order valence-corrected chi connectivity index (χ2v) is 4.69. The smallest absolute Gasteiger partial charge is 0.227 e. The van der Waals surface area contributed by atoms with Crippen LogP contribution in [0.25, 0.3) is 0 Å². The van der Waals surface area contributed by atoms with Crippen LogP contribution in [0.15, 0.2) is 0 Å². The highest BCUT2D eigenvalue weighted by atomic mass is 16.5. The lowest BCUT2D eigenvalue weighted by molar-refractivity contribution is -0.146. The molecule has 3 atom stereocenters. The van der Waals surface area contributed by atoms with Crippen LogP contribution >= 0.6 is 0 Å². The van der Waals surface area contributed by atoms with E-state index in [1.54, 1.807) is 0 Å². The van der Waals surface area contributed by atoms with E-state index in [-0.39, 0.29) is 18.1 Å². The Labute approximate surface area is 91.0 Å². The van der Waals surface area contributed by atoms with Gasteiger partial charge in [0.15, 0.2) is 0 Å². The van der Waals surface area contributed by atoms with Gasteiger partial charge in [0, 0.05) is 19.6 Å². The largest absolute Gasteiger partial charge is 0.372 e. The van der Waals surface area contributed by atoms with Crippen molar-refractivity contribution in [1.82, 2.24) is 10.2 Å². The van der Waals surface area contributed by atoms with Crippen molar-refractivity contribution in [3.63, 3.8) is 0 Å². The summed E-state index contributed by atoms with van der Waals surface area (Å²) in [6.07, 6.45) is 1.33. The molecule has 0 saturated carbocycles. The van der Waals surface area contributed by atoms with Crippen molar-refractivity contribution in [2.75, 3.05) is 26.2 Å². The first-order valence-electron chi connectivity index (χ1n) is 5.82. The molecule has 4 heteroatoms. The molecule has 2 aliphatic rings. The number of carbonyl (C=O) groups is 1. The summed E-state index contributed by atoms with van der Waals surface area (Å²) in [6.45, 7) is 7.38. The third-order valence-corrected chi connectivity index (χ3v) is 3.14. The quantitative estimate of drug-likeness (QED) is 0.676. The molecule has 2 rings (SSSR count). The number of amides is 1. The normalized spacial score (nSPS) is 36.9. The van der Waals surface area contributed by atoms with Crippen LogP contribution in [0.5, 0.6) is 0 Å². The molecule has 86 valence electrons. The van der Waals surface area contributed by atoms with E-state index in [4.69, 9.17) is 4.74 Å². The average molecular weight is 212 g/mol. The van der Waals surface area contributed by atoms with Crippen molar-refractivity contribution in [3.8, 4) is 0 Å². The Hall–Kier alpha value is -0.610. The van der Waals surface area contributed by atoms with Gasteiger partial charge in [0.25, 0.3) is 0 Å². The Kier molecular flexibility index (Phi) is 3.26. The van der Waals surface area contributed by atoms with Gasteiger partial charge < -0.3 is 15.0 Å². The van der Waals surface area contributed by atoms with Gasteiger partial charge in [-0.05, 0) is 26.8 Å². The Bertz CT molecular complexity index is 229. The molecule has 0 aliphatic carbocycles. The standard InChI is InChI=1S/C11H20N2O2/c1-8-6-13(7-9(2)15-8)11(14)10-3-4-12-5-10/h8-10,12H,3-7H2,1-2H3/t8-,9+,10?. The number of hydrogen-bond acceptors (Lipinski definition) is 3. The molecule has 0 aromatic rings. The first-order valence-corrected chi connectivity index (χ1v) is 5.82. The Balaban J connectivity index is 1.93. The minimum Gasteiger partial charge on any atom is -0.372 e. The third-order valence-electron chi connectivity index (χ3n) is 3.14. The Morgan fingerprint density at radius 2 is 2.00 bits per heavy atom. The van der Waals surface area contributed by atoms with Crippen LogP contribution in [0, 0.1) is 5.92 Å². The Morgan fingerprint density at radius 3 is 2.53 bits per heavy atom. The summed E-state index contributed by atoms with van der Waals surface area (Å²) in [5, 5.41) is 3.24. The van der Waals surface area contributed by atoms with E-state index in [9.17, 15) is 4.79 Å². The molecule has 0 spiro atoms. The van der Waals surface area contributed by atoms with Crippen molar-refractivity contribution >= 4 is 5.91 Å². The summed E-state index contributed by atoms with van der Waals surface area (Å²) < 4.78 is 5.62. The van der Waals surface area contributed by atoms with Crippen molar-refractivity contribution in [2.24, 2.45) is 5.92 Å². The fraction of sp³-hybridized carbons (Fsp3) is 0.909. The summed E-state index contributed by atoms with van der Waals surface area (Å²) in [4.78, 5) is 14.1. The lowest BCUT2D eigenvalue weighted by Crippen LogP contribution is -2.50. The summed E-state index contributed by atoms with van der Waals surface area (Å²) >= 11 is 0. The number of morpholine rings is 1. The highest BCUT2D eigenvalue weighted by Gasteiger charge is 2.31. The van der Waals surface area contributed by atoms with Gasteiger partial charge in [-0.15, -0.1) is 0 Å². The summed E-state index contributed by atoms with van der Waals surface area (Å²) in [5.41, 5.74) is 0. The van der Waals surface area contributed by atoms with Crippen molar-refractivity contribution in [3.05, 3.63) is 0 Å². The average Bonchev–Trinajstić information content (AvgIpc) is 2.67. The van der Waals surface area contributed by atoms with Crippen LogP contribution in [-0.2, 0) is 9.53 Å². The zero-order valence-electron chi connectivity index (χ0n) is 9.53. The molecular weight excluding hydrogens is 192 g/mol. The second kappa shape index (κ2) is 4.49. The van der Waals surface area contributed by atoms with Gasteiger partial charge in [0.1, 0.15) is 0 Å². The van der Waals surface area contributed by atoms with Crippen molar-refractivity contribution in [1.29, 1.82) is 0 Å². The minimum absolute atomic E-state index is 0.173. The summed E-state index contributed by atoms with van der Waals surface area (Å²) in [7, 11) is 0. The summed E-state index contributed by atoms with van der Waals surface area (Å²) in [6, 6.07) is 0. The number of carbonyl (C=O) groups excluding carboxylic acids is 1. The van der Waals surface area contributed by atoms with E-state index >= 15 is 0 Å². The summed E-state index contributed by atoms with van der Waals surface area (Å²) in [5.74, 6) is 0.504. The molecule has 2 fully saturated rings. The van der Waals surface area contributed by atoms with Gasteiger partial charge in [-0.1, -0.05) is 0 Å². The van der Waals surface area contributed by atoms with E-state index in [1.165, 1.54) is 0 Å². The number of nitrogens with one attached hydrogen (secondary N) is 1. The molecular formula is C11H20N2O2. The number of hydrogen-bond donors (Lipinski definition) is 1. The second-order valence-electron chi connectivity index (χ2n) is 4.69. The molecule has 2 saturated heterocycles. The van der Waals surface area contributed by atoms with Gasteiger partial charge in [0.05, 0.1) is 18.1 Å². The lowest BCUT2D eigenvalue weighted by atomic mass is 10.1. The molecule has 0 aromatic heterocycles. The highest BCUT2D eigenvalue weighted by Crippen LogP contribution is 2.17. The zero-order valence-corrected chi connectivity index (χ0v) is 9.53. The molecule has 4 nitrogen and oxygen atoms in total. The zero-order chi connectivity index (χ0) is 10.8. The molecule has 1 amide bonds. The lowest BCUT2D eigenvalue weighted by Gasteiger charge is -2.36. The molecule has 1 unspecified atom stereocenters. The minimum atomic E-state index is 0.173. The number of rotatable bonds is 1. The maximum Gasteiger partial charge on any atom is 0.227 e. The first kappa shape index (κ1) is 10.9. The van der Waals surface area contributed by atoms with E-state index < -0.39 is 0 Å². The van der Waals surface area contributed by atoms with E-state index in [0.29, 0.717) is 5.91 Å². The van der Waals surface area contributed by atoms with Crippen LogP contribution in [0.1, 0.15) is 20.3 Å².